The molecule has 2 aromatic rings. The van der Waals surface area contributed by atoms with Crippen molar-refractivity contribution < 1.29 is 24.9 Å². The second-order valence-electron chi connectivity index (χ2n) is 5.54. The fourth-order valence-corrected chi connectivity index (χ4v) is 2.57. The Kier molecular flexibility index (Phi) is 4.59. The van der Waals surface area contributed by atoms with Gasteiger partial charge in [-0.05, 0) is 18.2 Å². The van der Waals surface area contributed by atoms with Gasteiger partial charge >= 0.3 is 5.97 Å². The van der Waals surface area contributed by atoms with Crippen LogP contribution in [0, 0.1) is 0 Å². The minimum Gasteiger partial charge on any atom is -0.487 e. The number of ether oxygens (including phenoxy) is 1. The molecule has 3 N–H and O–H groups in total. The van der Waals surface area contributed by atoms with Crippen molar-refractivity contribution in [1.29, 1.82) is 0 Å². The van der Waals surface area contributed by atoms with E-state index in [1.165, 1.54) is 4.68 Å². The molecule has 0 saturated carbocycles. The van der Waals surface area contributed by atoms with Gasteiger partial charge in [-0.3, -0.25) is 0 Å². The highest BCUT2D eigenvalue weighted by Crippen LogP contribution is 2.29. The van der Waals surface area contributed by atoms with Gasteiger partial charge in [-0.2, -0.15) is 0 Å². The first kappa shape index (κ1) is 16.2. The van der Waals surface area contributed by atoms with Gasteiger partial charge < -0.3 is 20.1 Å². The summed E-state index contributed by atoms with van der Waals surface area (Å²) in [5.41, 5.74) is 0.572. The van der Waals surface area contributed by atoms with E-state index in [0.717, 1.165) is 6.08 Å². The summed E-state index contributed by atoms with van der Waals surface area (Å²) < 4.78 is 6.94. The van der Waals surface area contributed by atoms with Crippen LogP contribution in [0.25, 0.3) is 0 Å². The minimum atomic E-state index is -1.26. The zero-order chi connectivity index (χ0) is 17.1. The summed E-state index contributed by atoms with van der Waals surface area (Å²) in [6, 6.07) is 8.52. The van der Waals surface area contributed by atoms with Crippen molar-refractivity contribution in [3.05, 3.63) is 53.9 Å². The molecule has 0 spiro atoms. The lowest BCUT2D eigenvalue weighted by Crippen LogP contribution is -2.39. The molecule has 1 aliphatic rings. The average Bonchev–Trinajstić information content (AvgIpc) is 3.05. The molecule has 1 heterocycles. The van der Waals surface area contributed by atoms with Gasteiger partial charge in [0, 0.05) is 12.0 Å². The van der Waals surface area contributed by atoms with E-state index >= 15 is 0 Å². The van der Waals surface area contributed by atoms with Crippen molar-refractivity contribution in [2.24, 2.45) is 0 Å². The minimum absolute atomic E-state index is 0.0374. The van der Waals surface area contributed by atoms with Crippen LogP contribution in [0.2, 0.25) is 0 Å². The summed E-state index contributed by atoms with van der Waals surface area (Å²) in [6.45, 7) is 0.191. The fraction of sp³-hybridized carbons (Fsp3) is 0.312. The molecule has 24 heavy (non-hydrogen) atoms. The first-order valence-corrected chi connectivity index (χ1v) is 7.43. The summed E-state index contributed by atoms with van der Waals surface area (Å²) in [6.07, 6.45) is 0.366. The second-order valence-corrected chi connectivity index (χ2v) is 5.54. The summed E-state index contributed by atoms with van der Waals surface area (Å²) in [7, 11) is 0. The number of hydrogen-bond acceptors (Lipinski definition) is 6. The Hall–Kier alpha value is -2.71. The lowest BCUT2D eigenvalue weighted by atomic mass is 9.90. The molecule has 0 amide bonds. The topological polar surface area (TPSA) is 118 Å². The number of benzene rings is 1. The van der Waals surface area contributed by atoms with Crippen molar-refractivity contribution in [1.82, 2.24) is 15.0 Å². The van der Waals surface area contributed by atoms with Crippen LogP contribution in [0.1, 0.15) is 18.2 Å². The van der Waals surface area contributed by atoms with E-state index in [1.54, 1.807) is 6.20 Å². The van der Waals surface area contributed by atoms with Gasteiger partial charge in [0.1, 0.15) is 30.3 Å². The van der Waals surface area contributed by atoms with Crippen molar-refractivity contribution >= 4 is 5.97 Å². The van der Waals surface area contributed by atoms with Crippen LogP contribution in [0.4, 0.5) is 0 Å². The third-order valence-electron chi connectivity index (χ3n) is 3.85. The molecule has 3 atom stereocenters. The molecule has 0 unspecified atom stereocenters. The van der Waals surface area contributed by atoms with Crippen LogP contribution >= 0.6 is 0 Å². The van der Waals surface area contributed by atoms with Crippen molar-refractivity contribution in [3.8, 4) is 5.75 Å². The van der Waals surface area contributed by atoms with Crippen LogP contribution in [-0.4, -0.2) is 48.5 Å². The molecule has 0 fully saturated rings. The van der Waals surface area contributed by atoms with Crippen LogP contribution in [0.5, 0.6) is 5.75 Å². The Morgan fingerprint density at radius 3 is 2.75 bits per heavy atom. The van der Waals surface area contributed by atoms with Crippen molar-refractivity contribution in [3.63, 3.8) is 0 Å². The predicted molar refractivity (Wildman–Crippen MR) is 82.2 cm³/mol. The molecule has 1 aromatic heterocycles. The molecular weight excluding hydrogens is 314 g/mol. The average molecular weight is 331 g/mol. The van der Waals surface area contributed by atoms with Crippen LogP contribution in [0.3, 0.4) is 0 Å². The van der Waals surface area contributed by atoms with Crippen LogP contribution < -0.4 is 4.74 Å². The summed E-state index contributed by atoms with van der Waals surface area (Å²) in [5.74, 6) is -0.435. The number of carbonyl (C=O) groups is 1. The number of carboxylic acids is 1. The molecule has 126 valence electrons. The predicted octanol–water partition coefficient (Wildman–Crippen LogP) is 0.535. The van der Waals surface area contributed by atoms with Gasteiger partial charge in [0.25, 0.3) is 0 Å². The Bertz CT molecular complexity index is 743. The summed E-state index contributed by atoms with van der Waals surface area (Å²) >= 11 is 0. The highest BCUT2D eigenvalue weighted by Gasteiger charge is 2.34. The molecular formula is C16H17N3O5. The van der Waals surface area contributed by atoms with E-state index in [4.69, 9.17) is 9.84 Å². The lowest BCUT2D eigenvalue weighted by molar-refractivity contribution is -0.133. The number of rotatable bonds is 5. The SMILES string of the molecule is O=C(O)C1=C[C@@H](O)[C@@H](O)[C@H](n2cc(COc3ccccc3)nn2)C1. The van der Waals surface area contributed by atoms with E-state index in [-0.39, 0.29) is 18.6 Å². The number of carboxylic acid groups (broad SMARTS) is 1. The molecule has 0 saturated heterocycles. The van der Waals surface area contributed by atoms with E-state index in [0.29, 0.717) is 11.4 Å². The Morgan fingerprint density at radius 2 is 2.04 bits per heavy atom. The van der Waals surface area contributed by atoms with E-state index in [2.05, 4.69) is 10.3 Å². The molecule has 8 nitrogen and oxygen atoms in total. The maximum absolute atomic E-state index is 11.1. The number of aliphatic hydroxyl groups is 2. The normalized spacial score (nSPS) is 23.6. The van der Waals surface area contributed by atoms with Gasteiger partial charge in [0.2, 0.25) is 0 Å². The zero-order valence-electron chi connectivity index (χ0n) is 12.7. The van der Waals surface area contributed by atoms with Gasteiger partial charge in [0.15, 0.2) is 0 Å². The van der Waals surface area contributed by atoms with E-state index < -0.39 is 24.2 Å². The number of nitrogens with zero attached hydrogens (tertiary/aromatic N) is 3. The number of aromatic nitrogens is 3. The highest BCUT2D eigenvalue weighted by atomic mass is 16.5. The molecule has 3 rings (SSSR count). The Labute approximate surface area is 137 Å². The quantitative estimate of drug-likeness (QED) is 0.731. The van der Waals surface area contributed by atoms with Gasteiger partial charge in [-0.1, -0.05) is 23.4 Å². The summed E-state index contributed by atoms with van der Waals surface area (Å²) in [5, 5.41) is 36.9. The monoisotopic (exact) mass is 331 g/mol. The van der Waals surface area contributed by atoms with Gasteiger partial charge in [0.05, 0.1) is 12.2 Å². The Morgan fingerprint density at radius 1 is 1.29 bits per heavy atom. The third-order valence-corrected chi connectivity index (χ3v) is 3.85. The molecule has 0 radical (unpaired) electrons. The van der Waals surface area contributed by atoms with Gasteiger partial charge in [-0.25, -0.2) is 9.48 Å². The number of hydrogen-bond donors (Lipinski definition) is 3. The van der Waals surface area contributed by atoms with Crippen molar-refractivity contribution in [2.45, 2.75) is 31.3 Å². The first-order chi connectivity index (χ1) is 11.5. The smallest absolute Gasteiger partial charge is 0.331 e. The maximum Gasteiger partial charge on any atom is 0.331 e. The fourth-order valence-electron chi connectivity index (χ4n) is 2.57. The summed E-state index contributed by atoms with van der Waals surface area (Å²) in [4.78, 5) is 11.1. The van der Waals surface area contributed by atoms with E-state index in [9.17, 15) is 15.0 Å². The molecule has 1 aromatic carbocycles. The zero-order valence-corrected chi connectivity index (χ0v) is 12.7. The van der Waals surface area contributed by atoms with Crippen molar-refractivity contribution in [2.75, 3.05) is 0 Å². The molecule has 1 aliphatic carbocycles. The van der Waals surface area contributed by atoms with Crippen LogP contribution in [0.15, 0.2) is 48.2 Å². The Balaban J connectivity index is 1.70. The molecule has 8 heteroatoms. The lowest BCUT2D eigenvalue weighted by Gasteiger charge is -2.29. The number of para-hydroxylation sites is 1. The van der Waals surface area contributed by atoms with Gasteiger partial charge in [-0.15, -0.1) is 5.10 Å². The standard InChI is InChI=1S/C16H17N3O5/c20-14-7-10(16(22)23)6-13(15(14)21)19-8-11(17-18-19)9-24-12-4-2-1-3-5-12/h1-5,7-8,13-15,20-21H,6,9H2,(H,22,23)/t13-,14-,15+/m1/s1. The molecule has 0 aliphatic heterocycles. The highest BCUT2D eigenvalue weighted by molar-refractivity contribution is 5.87. The largest absolute Gasteiger partial charge is 0.487 e. The van der Waals surface area contributed by atoms with Crippen LogP contribution in [-0.2, 0) is 11.4 Å². The second kappa shape index (κ2) is 6.81. The number of aliphatic carboxylic acids is 1. The molecule has 0 bridgehead atoms. The number of aliphatic hydroxyl groups excluding tert-OH is 2. The first-order valence-electron chi connectivity index (χ1n) is 7.43. The maximum atomic E-state index is 11.1. The third kappa shape index (κ3) is 3.44. The van der Waals surface area contributed by atoms with E-state index in [1.807, 2.05) is 30.3 Å².